The first-order valence-electron chi connectivity index (χ1n) is 8.71. The lowest BCUT2D eigenvalue weighted by Crippen LogP contribution is -2.27. The number of thiophene rings is 1. The van der Waals surface area contributed by atoms with E-state index in [0.717, 1.165) is 15.4 Å². The fourth-order valence-corrected chi connectivity index (χ4v) is 5.62. The number of ketones is 1. The topological polar surface area (TPSA) is 108 Å². The van der Waals surface area contributed by atoms with Crippen molar-refractivity contribution in [1.82, 2.24) is 15.5 Å². The molecule has 3 rings (SSSR count). The maximum Gasteiger partial charge on any atom is 0.236 e. The van der Waals surface area contributed by atoms with Crippen LogP contribution in [0.4, 0.5) is 5.13 Å². The molecule has 0 radical (unpaired) electrons. The fraction of sp³-hybridized carbons (Fsp3) is 0.316. The Hall–Kier alpha value is -2.48. The second-order valence-electron chi connectivity index (χ2n) is 6.44. The number of nitrogens with one attached hydrogen (secondary N) is 2. The largest absolute Gasteiger partial charge is 0.353 e. The van der Waals surface area contributed by atoms with Crippen molar-refractivity contribution in [1.29, 1.82) is 5.26 Å². The first kappa shape index (κ1) is 21.2. The zero-order valence-electron chi connectivity index (χ0n) is 16.3. The molecule has 2 aromatic heterocycles. The molecule has 0 spiro atoms. The highest BCUT2D eigenvalue weighted by Gasteiger charge is 2.34. The van der Waals surface area contributed by atoms with Crippen molar-refractivity contribution < 1.29 is 9.59 Å². The predicted octanol–water partition coefficient (Wildman–Crippen LogP) is 3.87. The van der Waals surface area contributed by atoms with E-state index in [1.54, 1.807) is 0 Å². The first-order valence-corrected chi connectivity index (χ1v) is 11.4. The van der Waals surface area contributed by atoms with Crippen LogP contribution in [-0.2, 0) is 9.59 Å². The molecule has 2 aromatic rings. The van der Waals surface area contributed by atoms with Gasteiger partial charge in [-0.05, 0) is 44.7 Å². The predicted molar refractivity (Wildman–Crippen MR) is 117 cm³/mol. The Labute approximate surface area is 180 Å². The fourth-order valence-electron chi connectivity index (χ4n) is 3.08. The summed E-state index contributed by atoms with van der Waals surface area (Å²) in [6, 6.07) is 4.25. The van der Waals surface area contributed by atoms with Gasteiger partial charge >= 0.3 is 0 Å². The number of thioether (sulfide) groups is 1. The summed E-state index contributed by atoms with van der Waals surface area (Å²) in [6.45, 7) is 7.12. The van der Waals surface area contributed by atoms with Crippen molar-refractivity contribution in [2.45, 2.75) is 33.6 Å². The Balaban J connectivity index is 1.87. The maximum atomic E-state index is 12.4. The Bertz CT molecular complexity index is 1070. The van der Waals surface area contributed by atoms with Crippen LogP contribution in [0.2, 0.25) is 0 Å². The number of allylic oxidation sites excluding steroid dienone is 3. The first-order chi connectivity index (χ1) is 13.8. The minimum absolute atomic E-state index is 0.0750. The molecule has 0 saturated carbocycles. The molecule has 1 amide bonds. The molecule has 1 aliphatic heterocycles. The van der Waals surface area contributed by atoms with Crippen molar-refractivity contribution in [3.63, 3.8) is 0 Å². The van der Waals surface area contributed by atoms with E-state index in [-0.39, 0.29) is 17.4 Å². The van der Waals surface area contributed by atoms with E-state index in [0.29, 0.717) is 27.0 Å². The molecule has 1 atom stereocenters. The van der Waals surface area contributed by atoms with Gasteiger partial charge in [0.15, 0.2) is 5.78 Å². The van der Waals surface area contributed by atoms with Crippen LogP contribution in [0.3, 0.4) is 0 Å². The number of aryl methyl sites for hydroxylation is 2. The van der Waals surface area contributed by atoms with Gasteiger partial charge in [-0.1, -0.05) is 23.1 Å². The van der Waals surface area contributed by atoms with Crippen LogP contribution in [0.25, 0.3) is 0 Å². The summed E-state index contributed by atoms with van der Waals surface area (Å²) in [5.41, 5.74) is 2.79. The van der Waals surface area contributed by atoms with E-state index in [2.05, 4.69) is 26.9 Å². The van der Waals surface area contributed by atoms with E-state index in [4.69, 9.17) is 0 Å². The summed E-state index contributed by atoms with van der Waals surface area (Å²) in [5, 5.41) is 27.3. The molecular formula is C19H19N5O2S3. The highest BCUT2D eigenvalue weighted by atomic mass is 32.2. The molecule has 2 N–H and O–H groups in total. The van der Waals surface area contributed by atoms with Crippen molar-refractivity contribution in [3.8, 4) is 6.07 Å². The number of carbonyl (C=O) groups excluding carboxylic acids is 2. The number of aromatic nitrogens is 2. The molecule has 0 fully saturated rings. The van der Waals surface area contributed by atoms with Gasteiger partial charge in [0.05, 0.1) is 28.3 Å². The highest BCUT2D eigenvalue weighted by molar-refractivity contribution is 8.03. The number of dihydropyridines is 1. The molecule has 29 heavy (non-hydrogen) atoms. The van der Waals surface area contributed by atoms with Gasteiger partial charge in [-0.3, -0.25) is 14.9 Å². The number of nitriles is 1. The third kappa shape index (κ3) is 4.58. The summed E-state index contributed by atoms with van der Waals surface area (Å²) < 4.78 is 0. The molecule has 0 aromatic carbocycles. The number of hydrogen-bond acceptors (Lipinski definition) is 9. The lowest BCUT2D eigenvalue weighted by Gasteiger charge is -2.28. The van der Waals surface area contributed by atoms with Crippen LogP contribution in [0.15, 0.2) is 33.3 Å². The van der Waals surface area contributed by atoms with Crippen molar-refractivity contribution in [2.75, 3.05) is 11.1 Å². The van der Waals surface area contributed by atoms with E-state index in [1.807, 2.05) is 32.2 Å². The molecule has 150 valence electrons. The molecule has 3 heterocycles. The maximum absolute atomic E-state index is 12.4. The Kier molecular flexibility index (Phi) is 6.52. The van der Waals surface area contributed by atoms with Crippen molar-refractivity contribution in [3.05, 3.63) is 48.8 Å². The third-order valence-electron chi connectivity index (χ3n) is 4.31. The second-order valence-corrected chi connectivity index (χ2v) is 9.55. The van der Waals surface area contributed by atoms with Gasteiger partial charge in [-0.15, -0.1) is 21.5 Å². The van der Waals surface area contributed by atoms with E-state index in [9.17, 15) is 14.9 Å². The van der Waals surface area contributed by atoms with Crippen LogP contribution in [-0.4, -0.2) is 27.6 Å². The van der Waals surface area contributed by atoms with E-state index in [1.165, 1.54) is 41.4 Å². The summed E-state index contributed by atoms with van der Waals surface area (Å²) in [7, 11) is 0. The molecule has 0 bridgehead atoms. The summed E-state index contributed by atoms with van der Waals surface area (Å²) in [5.74, 6) is -0.630. The molecule has 10 heteroatoms. The van der Waals surface area contributed by atoms with E-state index < -0.39 is 5.92 Å². The number of rotatable bonds is 6. The average molecular weight is 446 g/mol. The van der Waals surface area contributed by atoms with Gasteiger partial charge in [-0.25, -0.2) is 0 Å². The van der Waals surface area contributed by atoms with Gasteiger partial charge in [0.2, 0.25) is 11.0 Å². The smallest absolute Gasteiger partial charge is 0.236 e. The van der Waals surface area contributed by atoms with E-state index >= 15 is 0 Å². The molecular weight excluding hydrogens is 426 g/mol. The number of amides is 1. The van der Waals surface area contributed by atoms with Gasteiger partial charge < -0.3 is 5.32 Å². The molecule has 1 aliphatic rings. The highest BCUT2D eigenvalue weighted by Crippen LogP contribution is 2.43. The van der Waals surface area contributed by atoms with Crippen LogP contribution in [0, 0.1) is 25.2 Å². The van der Waals surface area contributed by atoms with Crippen molar-refractivity contribution in [2.24, 2.45) is 0 Å². The number of anilines is 1. The molecule has 0 aliphatic carbocycles. The number of Topliss-reactive ketones (excluding diaryl/α,β-unsaturated/α-hetero) is 1. The SMILES string of the molecule is CC(=O)C1=C(C)NC(SCC(=O)Nc2nnc(C)s2)=C(C#N)[C@@H]1c1sccc1C. The third-order valence-corrected chi connectivity index (χ3v) is 7.17. The number of nitrogens with zero attached hydrogens (tertiary/aromatic N) is 3. The minimum Gasteiger partial charge on any atom is -0.353 e. The van der Waals surface area contributed by atoms with Crippen LogP contribution < -0.4 is 10.6 Å². The lowest BCUT2D eigenvalue weighted by molar-refractivity contribution is -0.114. The Morgan fingerprint density at radius 1 is 1.34 bits per heavy atom. The zero-order chi connectivity index (χ0) is 21.1. The monoisotopic (exact) mass is 445 g/mol. The lowest BCUT2D eigenvalue weighted by atomic mass is 9.84. The summed E-state index contributed by atoms with van der Waals surface area (Å²) in [6.07, 6.45) is 0. The van der Waals surface area contributed by atoms with Gasteiger partial charge in [0, 0.05) is 16.1 Å². The summed E-state index contributed by atoms with van der Waals surface area (Å²) >= 11 is 4.06. The Morgan fingerprint density at radius 2 is 2.10 bits per heavy atom. The van der Waals surface area contributed by atoms with Gasteiger partial charge in [0.25, 0.3) is 0 Å². The number of carbonyl (C=O) groups is 2. The molecule has 0 unspecified atom stereocenters. The number of hydrogen-bond donors (Lipinski definition) is 2. The van der Waals surface area contributed by atoms with Gasteiger partial charge in [0.1, 0.15) is 5.01 Å². The Morgan fingerprint density at radius 3 is 2.66 bits per heavy atom. The standard InChI is InChI=1S/C19H19N5O2S3/c1-9-5-6-27-17(9)16-13(7-20)18(21-10(2)15(16)11(3)25)28-8-14(26)22-19-24-23-12(4)29-19/h5-6,16,21H,8H2,1-4H3,(H,22,24,26)/t16-/m0/s1. The zero-order valence-corrected chi connectivity index (χ0v) is 18.8. The minimum atomic E-state index is -0.421. The van der Waals surface area contributed by atoms with Crippen LogP contribution in [0.5, 0.6) is 0 Å². The van der Waals surface area contributed by atoms with Crippen LogP contribution >= 0.6 is 34.4 Å². The quantitative estimate of drug-likeness (QED) is 0.695. The molecule has 7 nitrogen and oxygen atoms in total. The molecule has 0 saturated heterocycles. The second kappa shape index (κ2) is 8.90. The summed E-state index contributed by atoms with van der Waals surface area (Å²) in [4.78, 5) is 25.6. The normalized spacial score (nSPS) is 16.4. The van der Waals surface area contributed by atoms with Gasteiger partial charge in [-0.2, -0.15) is 5.26 Å². The van der Waals surface area contributed by atoms with Crippen LogP contribution in [0.1, 0.15) is 35.2 Å². The average Bonchev–Trinajstić information content (AvgIpc) is 3.26. The van der Waals surface area contributed by atoms with Crippen molar-refractivity contribution >= 4 is 51.3 Å².